The van der Waals surface area contributed by atoms with E-state index in [2.05, 4.69) is 26.1 Å². The molecule has 7 heteroatoms. The van der Waals surface area contributed by atoms with Crippen LogP contribution in [-0.4, -0.2) is 24.5 Å². The first-order valence-corrected chi connectivity index (χ1v) is 10.3. The summed E-state index contributed by atoms with van der Waals surface area (Å²) in [6.45, 7) is 8.70. The number of rotatable bonds is 7. The number of aliphatic carboxylic acids is 1. The van der Waals surface area contributed by atoms with Crippen LogP contribution in [0.3, 0.4) is 0 Å². The Hall–Kier alpha value is -1.89. The van der Waals surface area contributed by atoms with Gasteiger partial charge < -0.3 is 20.0 Å². The van der Waals surface area contributed by atoms with Gasteiger partial charge in [-0.05, 0) is 55.9 Å². The van der Waals surface area contributed by atoms with Crippen LogP contribution in [0, 0.1) is 11.3 Å². The molecule has 2 rings (SSSR count). The third kappa shape index (κ3) is 5.54. The van der Waals surface area contributed by atoms with E-state index in [9.17, 15) is 19.5 Å². The van der Waals surface area contributed by atoms with Gasteiger partial charge in [-0.1, -0.05) is 20.8 Å². The zero-order chi connectivity index (χ0) is 20.2. The molecule has 1 heterocycles. The summed E-state index contributed by atoms with van der Waals surface area (Å²) in [7, 11) is 0. The summed E-state index contributed by atoms with van der Waals surface area (Å²) in [5.74, 6) is -1.36. The van der Waals surface area contributed by atoms with E-state index >= 15 is 0 Å². The molecule has 0 fully saturated rings. The number of carboxylic acid groups (broad SMARTS) is 1. The van der Waals surface area contributed by atoms with Crippen LogP contribution >= 0.6 is 11.3 Å². The van der Waals surface area contributed by atoms with Crippen molar-refractivity contribution in [2.45, 2.75) is 66.2 Å². The summed E-state index contributed by atoms with van der Waals surface area (Å²) >= 11 is 1.44. The number of fused-ring (bicyclic) bond motifs is 1. The molecule has 0 saturated heterocycles. The highest BCUT2D eigenvalue weighted by Gasteiger charge is 2.34. The number of carboxylic acids is 1. The van der Waals surface area contributed by atoms with Gasteiger partial charge in [-0.15, -0.1) is 11.3 Å². The van der Waals surface area contributed by atoms with Gasteiger partial charge in [0.25, 0.3) is 0 Å². The maximum Gasteiger partial charge on any atom is 0.341 e. The van der Waals surface area contributed by atoms with Crippen LogP contribution in [0.15, 0.2) is 0 Å². The molecule has 0 aromatic carbocycles. The Kier molecular flexibility index (Phi) is 7.03. The van der Waals surface area contributed by atoms with Crippen LogP contribution < -0.4 is 10.4 Å². The van der Waals surface area contributed by atoms with E-state index in [1.54, 1.807) is 6.92 Å². The molecule has 1 unspecified atom stereocenters. The van der Waals surface area contributed by atoms with Gasteiger partial charge in [-0.2, -0.15) is 0 Å². The van der Waals surface area contributed by atoms with Crippen molar-refractivity contribution >= 4 is 34.2 Å². The number of hydrogen-bond donors (Lipinski definition) is 1. The van der Waals surface area contributed by atoms with E-state index in [0.29, 0.717) is 16.5 Å². The molecule has 0 saturated carbocycles. The third-order valence-electron chi connectivity index (χ3n) is 5.01. The SMILES string of the molecule is CCOC(=O)c1c(NC(=O)CCCC(=O)[O-])sc2c1CCC(C(C)(C)C)C2. The Morgan fingerprint density at radius 1 is 1.26 bits per heavy atom. The molecule has 1 N–H and O–H groups in total. The molecule has 1 aliphatic carbocycles. The highest BCUT2D eigenvalue weighted by atomic mass is 32.1. The van der Waals surface area contributed by atoms with E-state index in [1.807, 2.05) is 0 Å². The molecule has 27 heavy (non-hydrogen) atoms. The number of ether oxygens (including phenoxy) is 1. The molecule has 0 aliphatic heterocycles. The van der Waals surface area contributed by atoms with Crippen molar-refractivity contribution in [2.75, 3.05) is 11.9 Å². The molecule has 1 amide bonds. The van der Waals surface area contributed by atoms with E-state index in [1.165, 1.54) is 11.3 Å². The summed E-state index contributed by atoms with van der Waals surface area (Å²) < 4.78 is 5.21. The molecule has 1 aromatic heterocycles. The van der Waals surface area contributed by atoms with Gasteiger partial charge >= 0.3 is 5.97 Å². The van der Waals surface area contributed by atoms with Crippen LogP contribution in [0.2, 0.25) is 0 Å². The van der Waals surface area contributed by atoms with Crippen LogP contribution in [0.5, 0.6) is 0 Å². The molecule has 1 atom stereocenters. The number of nitrogens with one attached hydrogen (secondary N) is 1. The second kappa shape index (κ2) is 8.87. The van der Waals surface area contributed by atoms with Gasteiger partial charge in [0, 0.05) is 17.3 Å². The topological polar surface area (TPSA) is 95.5 Å². The van der Waals surface area contributed by atoms with Crippen LogP contribution in [-0.2, 0) is 27.2 Å². The van der Waals surface area contributed by atoms with Crippen molar-refractivity contribution in [3.05, 3.63) is 16.0 Å². The molecule has 0 radical (unpaired) electrons. The van der Waals surface area contributed by atoms with Crippen LogP contribution in [0.4, 0.5) is 5.00 Å². The average molecular weight is 395 g/mol. The number of esters is 1. The Bertz CT molecular complexity index is 717. The second-order valence-electron chi connectivity index (χ2n) is 8.01. The third-order valence-corrected chi connectivity index (χ3v) is 6.18. The fourth-order valence-electron chi connectivity index (χ4n) is 3.41. The van der Waals surface area contributed by atoms with Crippen molar-refractivity contribution < 1.29 is 24.2 Å². The van der Waals surface area contributed by atoms with Crippen molar-refractivity contribution in [3.63, 3.8) is 0 Å². The Morgan fingerprint density at radius 3 is 2.56 bits per heavy atom. The van der Waals surface area contributed by atoms with Gasteiger partial charge in [-0.3, -0.25) is 4.79 Å². The smallest absolute Gasteiger partial charge is 0.341 e. The lowest BCUT2D eigenvalue weighted by atomic mass is 9.72. The van der Waals surface area contributed by atoms with E-state index in [0.717, 1.165) is 29.7 Å². The average Bonchev–Trinajstić information content (AvgIpc) is 2.90. The standard InChI is InChI=1S/C20H29NO5S/c1-5-26-19(25)17-13-10-9-12(20(2,3)4)11-14(13)27-18(17)21-15(22)7-6-8-16(23)24/h12H,5-11H2,1-4H3,(H,21,22)(H,23,24)/p-1. The quantitative estimate of drug-likeness (QED) is 0.718. The molecule has 1 aromatic rings. The maximum atomic E-state index is 12.5. The fourth-order valence-corrected chi connectivity index (χ4v) is 4.75. The van der Waals surface area contributed by atoms with Gasteiger partial charge in [-0.25, -0.2) is 4.79 Å². The first kappa shape index (κ1) is 21.4. The van der Waals surface area contributed by atoms with Crippen LogP contribution in [0.1, 0.15) is 74.2 Å². The van der Waals surface area contributed by atoms with Crippen molar-refractivity contribution in [1.82, 2.24) is 0 Å². The number of amides is 1. The molecule has 0 spiro atoms. The van der Waals surface area contributed by atoms with E-state index < -0.39 is 11.9 Å². The van der Waals surface area contributed by atoms with Crippen molar-refractivity contribution in [1.29, 1.82) is 0 Å². The number of thiophene rings is 1. The highest BCUT2D eigenvalue weighted by Crippen LogP contribution is 2.44. The number of carbonyl (C=O) groups excluding carboxylic acids is 3. The minimum Gasteiger partial charge on any atom is -0.550 e. The van der Waals surface area contributed by atoms with Gasteiger partial charge in [0.2, 0.25) is 5.91 Å². The number of anilines is 1. The molecule has 0 bridgehead atoms. The van der Waals surface area contributed by atoms with Crippen molar-refractivity contribution in [2.24, 2.45) is 11.3 Å². The summed E-state index contributed by atoms with van der Waals surface area (Å²) in [5.41, 5.74) is 1.64. The zero-order valence-corrected chi connectivity index (χ0v) is 17.3. The van der Waals surface area contributed by atoms with Crippen molar-refractivity contribution in [3.8, 4) is 0 Å². The predicted octanol–water partition coefficient (Wildman–Crippen LogP) is 2.93. The molecular weight excluding hydrogens is 366 g/mol. The number of carbonyl (C=O) groups is 3. The fraction of sp³-hybridized carbons (Fsp3) is 0.650. The number of hydrogen-bond acceptors (Lipinski definition) is 6. The first-order valence-electron chi connectivity index (χ1n) is 9.44. The van der Waals surface area contributed by atoms with E-state index in [4.69, 9.17) is 4.74 Å². The maximum absolute atomic E-state index is 12.5. The van der Waals surface area contributed by atoms with Gasteiger partial charge in [0.15, 0.2) is 0 Å². The molecule has 6 nitrogen and oxygen atoms in total. The summed E-state index contributed by atoms with van der Waals surface area (Å²) in [5, 5.41) is 13.8. The Morgan fingerprint density at radius 2 is 1.96 bits per heavy atom. The monoisotopic (exact) mass is 394 g/mol. The lowest BCUT2D eigenvalue weighted by Gasteiger charge is -2.33. The Labute approximate surface area is 164 Å². The largest absolute Gasteiger partial charge is 0.550 e. The summed E-state index contributed by atoms with van der Waals surface area (Å²) in [6.07, 6.45) is 2.80. The summed E-state index contributed by atoms with van der Waals surface area (Å²) in [6, 6.07) is 0. The molecular formula is C20H28NO5S-. The van der Waals surface area contributed by atoms with Crippen LogP contribution in [0.25, 0.3) is 0 Å². The molecule has 1 aliphatic rings. The lowest BCUT2D eigenvalue weighted by Crippen LogP contribution is -2.26. The minimum absolute atomic E-state index is 0.0728. The van der Waals surface area contributed by atoms with Gasteiger partial charge in [0.1, 0.15) is 5.00 Å². The van der Waals surface area contributed by atoms with Gasteiger partial charge in [0.05, 0.1) is 12.2 Å². The van der Waals surface area contributed by atoms with E-state index in [-0.39, 0.29) is 37.2 Å². The predicted molar refractivity (Wildman–Crippen MR) is 103 cm³/mol. The second-order valence-corrected chi connectivity index (χ2v) is 9.11. The summed E-state index contributed by atoms with van der Waals surface area (Å²) in [4.78, 5) is 36.3. The minimum atomic E-state index is -1.17. The first-order chi connectivity index (χ1) is 12.6. The molecule has 150 valence electrons. The lowest BCUT2D eigenvalue weighted by molar-refractivity contribution is -0.305. The normalized spacial score (nSPS) is 16.5. The zero-order valence-electron chi connectivity index (χ0n) is 16.5. The Balaban J connectivity index is 2.23. The highest BCUT2D eigenvalue weighted by molar-refractivity contribution is 7.17.